The lowest BCUT2D eigenvalue weighted by Gasteiger charge is -2.23. The number of aromatic nitrogens is 2. The zero-order valence-corrected chi connectivity index (χ0v) is 18.8. The highest BCUT2D eigenvalue weighted by atomic mass is 32.2. The second-order valence-electron chi connectivity index (χ2n) is 9.70. The molecule has 1 saturated carbocycles. The van der Waals surface area contributed by atoms with Crippen molar-refractivity contribution in [2.45, 2.75) is 82.9 Å². The number of rotatable bonds is 2. The molecule has 0 saturated heterocycles. The van der Waals surface area contributed by atoms with E-state index in [9.17, 15) is 17.8 Å². The zero-order chi connectivity index (χ0) is 22.1. The van der Waals surface area contributed by atoms with E-state index in [0.717, 1.165) is 5.56 Å². The average molecular weight is 436 g/mol. The van der Waals surface area contributed by atoms with Crippen LogP contribution in [0.1, 0.15) is 70.3 Å². The van der Waals surface area contributed by atoms with Crippen molar-refractivity contribution in [3.63, 3.8) is 0 Å². The average Bonchev–Trinajstić information content (AvgIpc) is 3.14. The number of alkyl halides is 2. The molecule has 2 aromatic rings. The summed E-state index contributed by atoms with van der Waals surface area (Å²) in [5.74, 6) is -2.26. The number of aryl methyl sites for hydroxylation is 1. The summed E-state index contributed by atoms with van der Waals surface area (Å²) < 4.78 is 46.2. The molecule has 4 rings (SSSR count). The third kappa shape index (κ3) is 3.43. The van der Waals surface area contributed by atoms with E-state index in [-0.39, 0.29) is 18.4 Å². The van der Waals surface area contributed by atoms with Crippen LogP contribution in [0, 0.1) is 6.92 Å². The molecule has 1 aliphatic carbocycles. The molecule has 30 heavy (non-hydrogen) atoms. The summed E-state index contributed by atoms with van der Waals surface area (Å²) >= 11 is 0. The fourth-order valence-electron chi connectivity index (χ4n) is 4.60. The van der Waals surface area contributed by atoms with Gasteiger partial charge in [0.2, 0.25) is 5.92 Å². The van der Waals surface area contributed by atoms with Gasteiger partial charge in [0.05, 0.1) is 21.4 Å². The SMILES string of the molecule is CC(=N[S@](=O)C(C)(C)C)c1cc(C)cc2c(=O)n3c(nc12)C1(CC3)CCC(F)(F)C1. The molecule has 1 spiro atoms. The zero-order valence-electron chi connectivity index (χ0n) is 18.0. The van der Waals surface area contributed by atoms with E-state index >= 15 is 0 Å². The van der Waals surface area contributed by atoms with E-state index in [2.05, 4.69) is 4.40 Å². The maximum absolute atomic E-state index is 14.1. The molecule has 1 aromatic heterocycles. The Kier molecular flexibility index (Phi) is 4.80. The predicted molar refractivity (Wildman–Crippen MR) is 116 cm³/mol. The van der Waals surface area contributed by atoms with Gasteiger partial charge in [-0.15, -0.1) is 0 Å². The lowest BCUT2D eigenvalue weighted by molar-refractivity contribution is 0.00242. The quantitative estimate of drug-likeness (QED) is 0.655. The lowest BCUT2D eigenvalue weighted by atomic mass is 9.84. The first-order valence-electron chi connectivity index (χ1n) is 10.2. The van der Waals surface area contributed by atoms with Crippen molar-refractivity contribution in [1.82, 2.24) is 9.55 Å². The fraction of sp³-hybridized carbons (Fsp3) is 0.591. The molecule has 0 N–H and O–H groups in total. The normalized spacial score (nSPS) is 24.6. The molecule has 1 aromatic carbocycles. The standard InChI is InChI=1S/C22H27F2N3O2S/c1-13-10-15(14(2)26-30(29)20(3,4)5)17-16(11-13)18(28)27-9-8-21(19(27)25-17)6-7-22(23,24)12-21/h10-11H,6-9,12H2,1-5H3/t21?,30-/m1/s1. The number of fused-ring (bicyclic) bond motifs is 3. The summed E-state index contributed by atoms with van der Waals surface area (Å²) in [7, 11) is -1.46. The minimum absolute atomic E-state index is 0.174. The molecule has 1 aliphatic heterocycles. The first-order valence-corrected chi connectivity index (χ1v) is 11.3. The first kappa shape index (κ1) is 21.3. The third-order valence-electron chi connectivity index (χ3n) is 6.19. The molecule has 1 unspecified atom stereocenters. The summed E-state index contributed by atoms with van der Waals surface area (Å²) in [5.41, 5.74) is 1.54. The van der Waals surface area contributed by atoms with Crippen molar-refractivity contribution in [3.05, 3.63) is 39.4 Å². The van der Waals surface area contributed by atoms with E-state index in [1.54, 1.807) is 17.6 Å². The highest BCUT2D eigenvalue weighted by Crippen LogP contribution is 2.52. The van der Waals surface area contributed by atoms with Crippen LogP contribution < -0.4 is 5.56 Å². The molecule has 0 amide bonds. The van der Waals surface area contributed by atoms with E-state index in [1.165, 1.54) is 0 Å². The minimum Gasteiger partial charge on any atom is -0.296 e. The molecule has 2 atom stereocenters. The van der Waals surface area contributed by atoms with E-state index < -0.39 is 27.1 Å². The molecular formula is C22H27F2N3O2S. The second-order valence-corrected chi connectivity index (χ2v) is 11.6. The topological polar surface area (TPSA) is 64.3 Å². The van der Waals surface area contributed by atoms with Crippen molar-refractivity contribution < 1.29 is 13.0 Å². The van der Waals surface area contributed by atoms with Gasteiger partial charge < -0.3 is 0 Å². The van der Waals surface area contributed by atoms with Crippen LogP contribution in [0.3, 0.4) is 0 Å². The van der Waals surface area contributed by atoms with Gasteiger partial charge >= 0.3 is 0 Å². The van der Waals surface area contributed by atoms with Crippen LogP contribution in [0.5, 0.6) is 0 Å². The maximum atomic E-state index is 14.1. The summed E-state index contributed by atoms with van der Waals surface area (Å²) in [6, 6.07) is 3.65. The van der Waals surface area contributed by atoms with Gasteiger partial charge in [0, 0.05) is 30.4 Å². The number of hydrogen-bond donors (Lipinski definition) is 0. The van der Waals surface area contributed by atoms with Gasteiger partial charge in [-0.05, 0) is 65.2 Å². The summed E-state index contributed by atoms with van der Waals surface area (Å²) in [5, 5.41) is 0.451. The third-order valence-corrected chi connectivity index (χ3v) is 7.68. The Labute approximate surface area is 177 Å². The Morgan fingerprint density at radius 1 is 1.23 bits per heavy atom. The van der Waals surface area contributed by atoms with Gasteiger partial charge in [-0.3, -0.25) is 9.36 Å². The molecule has 8 heteroatoms. The van der Waals surface area contributed by atoms with Crippen molar-refractivity contribution in [3.8, 4) is 0 Å². The summed E-state index contributed by atoms with van der Waals surface area (Å²) in [6.45, 7) is 9.58. The maximum Gasteiger partial charge on any atom is 0.261 e. The van der Waals surface area contributed by atoms with Crippen molar-refractivity contribution in [2.75, 3.05) is 0 Å². The Morgan fingerprint density at radius 3 is 2.53 bits per heavy atom. The largest absolute Gasteiger partial charge is 0.296 e. The molecule has 5 nitrogen and oxygen atoms in total. The van der Waals surface area contributed by atoms with Gasteiger partial charge in [-0.1, -0.05) is 0 Å². The van der Waals surface area contributed by atoms with Crippen LogP contribution in [0.15, 0.2) is 21.3 Å². The fourth-order valence-corrected chi connectivity index (χ4v) is 5.23. The Bertz CT molecular complexity index is 1160. The Balaban J connectivity index is 1.95. The molecular weight excluding hydrogens is 408 g/mol. The highest BCUT2D eigenvalue weighted by Gasteiger charge is 2.54. The molecule has 0 bridgehead atoms. The van der Waals surface area contributed by atoms with Gasteiger partial charge in [-0.25, -0.2) is 18.0 Å². The van der Waals surface area contributed by atoms with Crippen molar-refractivity contribution >= 4 is 27.6 Å². The van der Waals surface area contributed by atoms with Crippen LogP contribution in [0.2, 0.25) is 0 Å². The van der Waals surface area contributed by atoms with Gasteiger partial charge in [0.1, 0.15) is 16.8 Å². The molecule has 2 heterocycles. The first-order chi connectivity index (χ1) is 13.8. The summed E-state index contributed by atoms with van der Waals surface area (Å²) in [6.07, 6.45) is 0.407. The Morgan fingerprint density at radius 2 is 1.93 bits per heavy atom. The minimum atomic E-state index is -2.72. The molecule has 0 radical (unpaired) electrons. The summed E-state index contributed by atoms with van der Waals surface area (Å²) in [4.78, 5) is 18.1. The van der Waals surface area contributed by atoms with E-state index in [1.807, 2.05) is 33.8 Å². The monoisotopic (exact) mass is 435 g/mol. The smallest absolute Gasteiger partial charge is 0.261 e. The van der Waals surface area contributed by atoms with E-state index in [0.29, 0.717) is 47.4 Å². The number of benzene rings is 1. The van der Waals surface area contributed by atoms with Crippen molar-refractivity contribution in [2.24, 2.45) is 4.40 Å². The van der Waals surface area contributed by atoms with Crippen LogP contribution in [0.25, 0.3) is 10.9 Å². The van der Waals surface area contributed by atoms with Gasteiger partial charge in [0.15, 0.2) is 0 Å². The van der Waals surface area contributed by atoms with Gasteiger partial charge in [0.25, 0.3) is 5.56 Å². The Hall–Kier alpha value is -1.96. The molecule has 162 valence electrons. The molecule has 2 aliphatic rings. The van der Waals surface area contributed by atoms with Gasteiger partial charge in [-0.2, -0.15) is 4.40 Å². The van der Waals surface area contributed by atoms with Crippen LogP contribution in [-0.4, -0.2) is 30.1 Å². The highest BCUT2D eigenvalue weighted by molar-refractivity contribution is 7.85. The number of halogens is 2. The van der Waals surface area contributed by atoms with Crippen LogP contribution in [-0.2, 0) is 22.9 Å². The number of nitrogens with zero attached hydrogens (tertiary/aromatic N) is 3. The predicted octanol–water partition coefficient (Wildman–Crippen LogP) is 4.44. The van der Waals surface area contributed by atoms with Crippen LogP contribution >= 0.6 is 0 Å². The molecule has 1 fully saturated rings. The van der Waals surface area contributed by atoms with Crippen molar-refractivity contribution in [1.29, 1.82) is 0 Å². The van der Waals surface area contributed by atoms with Crippen LogP contribution in [0.4, 0.5) is 8.78 Å². The number of hydrogen-bond acceptors (Lipinski definition) is 3. The van der Waals surface area contributed by atoms with E-state index in [4.69, 9.17) is 4.98 Å². The lowest BCUT2D eigenvalue weighted by Crippen LogP contribution is -2.28. The second kappa shape index (κ2) is 6.77.